The quantitative estimate of drug-likeness (QED) is 0.0255. The van der Waals surface area contributed by atoms with Gasteiger partial charge in [-0.15, -0.1) is 0 Å². The number of Topliss-reactive ketones (excluding diaryl/α,β-unsaturated/α-hetero) is 2. The van der Waals surface area contributed by atoms with Crippen molar-refractivity contribution in [2.24, 2.45) is 0 Å². The summed E-state index contributed by atoms with van der Waals surface area (Å²) in [5.74, 6) is -8.42. The second-order valence-corrected chi connectivity index (χ2v) is 15.9. The molecule has 0 aromatic heterocycles. The van der Waals surface area contributed by atoms with Crippen LogP contribution in [-0.4, -0.2) is 75.9 Å². The van der Waals surface area contributed by atoms with Crippen LogP contribution < -0.4 is 10.6 Å². The summed E-state index contributed by atoms with van der Waals surface area (Å²) in [5, 5.41) is 38.8. The molecule has 2 atom stereocenters. The molecule has 5 N–H and O–H groups in total. The molecule has 0 spiro atoms. The minimum atomic E-state index is -3.63. The van der Waals surface area contributed by atoms with Crippen molar-refractivity contribution < 1.29 is 48.8 Å². The van der Waals surface area contributed by atoms with Crippen molar-refractivity contribution in [3.8, 4) is 0 Å². The lowest BCUT2D eigenvalue weighted by atomic mass is 9.85. The van der Waals surface area contributed by atoms with Gasteiger partial charge in [-0.25, -0.2) is 9.59 Å². The number of hydrogen-bond acceptors (Lipinski definition) is 11. The first-order valence-corrected chi connectivity index (χ1v) is 21.1. The zero-order valence-electron chi connectivity index (χ0n) is 30.3. The Kier molecular flexibility index (Phi) is 23.5. The fraction of sp³-hybridized carbons (Fsp3) is 0.694. The highest BCUT2D eigenvalue weighted by atomic mass is 127. The molecule has 0 aliphatic rings. The Labute approximate surface area is 343 Å². The lowest BCUT2D eigenvalue weighted by Gasteiger charge is -2.38. The smallest absolute Gasteiger partial charge is 0.383 e. The molecule has 290 valence electrons. The van der Waals surface area contributed by atoms with Crippen LogP contribution in [0.2, 0.25) is 0 Å². The maximum absolute atomic E-state index is 13.8. The molecule has 15 heteroatoms. The van der Waals surface area contributed by atoms with Crippen LogP contribution in [0.4, 0.5) is 11.4 Å². The number of carbonyl (C=O) groups excluding carboxylic acids is 5. The number of ketones is 2. The molecule has 2 unspecified atom stereocenters. The van der Waals surface area contributed by atoms with E-state index in [9.17, 15) is 39.3 Å². The van der Waals surface area contributed by atoms with Gasteiger partial charge in [0.25, 0.3) is 0 Å². The molecule has 1 rings (SSSR count). The average molecular weight is 1060 g/mol. The number of nitrogens with one attached hydrogen (secondary N) is 2. The summed E-state index contributed by atoms with van der Waals surface area (Å²) in [6, 6.07) is 0. The molecule has 51 heavy (non-hydrogen) atoms. The standard InChI is InChI=1S/C36H55I3N2O10/c1-5-7-8-9-10-11-12-13-14-15-16-17-18-19-20-21-26(45)35(48,23-42)36(49,34(47)50-6-2)51-33(46)27-28(37)31(40-22-24(3)43)30(39)32(29(27)38)41-25(4)44/h40,42,48-49H,5-23H2,1-4H3,(H,41,44). The van der Waals surface area contributed by atoms with Gasteiger partial charge in [0.1, 0.15) is 5.78 Å². The van der Waals surface area contributed by atoms with Gasteiger partial charge in [0, 0.05) is 13.3 Å². The summed E-state index contributed by atoms with van der Waals surface area (Å²) in [7, 11) is 0. The maximum Gasteiger partial charge on any atom is 0.383 e. The van der Waals surface area contributed by atoms with Crippen molar-refractivity contribution in [3.63, 3.8) is 0 Å². The number of benzene rings is 1. The van der Waals surface area contributed by atoms with E-state index in [2.05, 4.69) is 17.6 Å². The summed E-state index contributed by atoms with van der Waals surface area (Å²) in [4.78, 5) is 64.2. The lowest BCUT2D eigenvalue weighted by molar-refractivity contribution is -0.272. The summed E-state index contributed by atoms with van der Waals surface area (Å²) in [5.41, 5.74) is -3.03. The average Bonchev–Trinajstić information content (AvgIpc) is 3.07. The van der Waals surface area contributed by atoms with Gasteiger partial charge >= 0.3 is 17.7 Å². The summed E-state index contributed by atoms with van der Waals surface area (Å²) < 4.78 is 11.0. The predicted molar refractivity (Wildman–Crippen MR) is 222 cm³/mol. The number of unbranched alkanes of at least 4 members (excludes halogenated alkanes) is 14. The first-order valence-electron chi connectivity index (χ1n) is 17.8. The van der Waals surface area contributed by atoms with E-state index in [4.69, 9.17) is 9.47 Å². The Morgan fingerprint density at radius 2 is 1.18 bits per heavy atom. The van der Waals surface area contributed by atoms with Gasteiger partial charge in [0.2, 0.25) is 11.5 Å². The van der Waals surface area contributed by atoms with E-state index in [-0.39, 0.29) is 49.4 Å². The molecule has 1 aromatic carbocycles. The Hall–Kier alpha value is -1.16. The molecule has 0 saturated heterocycles. The fourth-order valence-electron chi connectivity index (χ4n) is 5.45. The van der Waals surface area contributed by atoms with Crippen LogP contribution in [0.15, 0.2) is 0 Å². The Bertz CT molecular complexity index is 1330. The molecule has 1 amide bonds. The molecule has 1 aromatic rings. The van der Waals surface area contributed by atoms with Gasteiger partial charge in [-0.05, 0) is 88.0 Å². The van der Waals surface area contributed by atoms with E-state index in [1.165, 1.54) is 78.6 Å². The molecule has 0 heterocycles. The van der Waals surface area contributed by atoms with Crippen LogP contribution in [0.3, 0.4) is 0 Å². The number of carbonyl (C=O) groups is 5. The molecule has 0 saturated carbocycles. The summed E-state index contributed by atoms with van der Waals surface area (Å²) in [6.45, 7) is 4.38. The van der Waals surface area contributed by atoms with Gasteiger partial charge in [-0.3, -0.25) is 14.4 Å². The third-order valence-corrected chi connectivity index (χ3v) is 11.6. The number of halogens is 3. The first-order chi connectivity index (χ1) is 24.1. The van der Waals surface area contributed by atoms with Gasteiger partial charge in [0.05, 0.1) is 47.4 Å². The normalized spacial score (nSPS) is 13.5. The number of rotatable bonds is 27. The van der Waals surface area contributed by atoms with E-state index in [0.29, 0.717) is 16.4 Å². The summed E-state index contributed by atoms with van der Waals surface area (Å²) >= 11 is 5.52. The maximum atomic E-state index is 13.8. The number of anilines is 2. The van der Waals surface area contributed by atoms with Crippen molar-refractivity contribution in [1.82, 2.24) is 0 Å². The second-order valence-electron chi connectivity index (χ2n) is 12.7. The van der Waals surface area contributed by atoms with E-state index in [1.54, 1.807) is 45.2 Å². The van der Waals surface area contributed by atoms with Crippen molar-refractivity contribution in [2.75, 3.05) is 30.4 Å². The number of aliphatic hydroxyl groups is 3. The fourth-order valence-corrected chi connectivity index (χ4v) is 9.71. The topological polar surface area (TPSA) is 189 Å². The first kappa shape index (κ1) is 47.9. The Morgan fingerprint density at radius 1 is 0.706 bits per heavy atom. The van der Waals surface area contributed by atoms with E-state index < -0.39 is 41.6 Å². The number of aliphatic hydroxyl groups excluding tert-OH is 1. The summed E-state index contributed by atoms with van der Waals surface area (Å²) in [6.07, 6.45) is 16.3. The third kappa shape index (κ3) is 14.9. The molecule has 0 aliphatic heterocycles. The molecule has 0 bridgehead atoms. The predicted octanol–water partition coefficient (Wildman–Crippen LogP) is 7.42. The van der Waals surface area contributed by atoms with Gasteiger partial charge < -0.3 is 35.4 Å². The number of esters is 2. The molecule has 0 aliphatic carbocycles. The van der Waals surface area contributed by atoms with Crippen LogP contribution in [0.25, 0.3) is 0 Å². The SMILES string of the molecule is CCCCCCCCCCCCCCCCCC(=O)C(O)(CO)C(O)(OC(=O)c1c(I)c(NCC(C)=O)c(I)c(NC(C)=O)c1I)C(=O)OCC. The highest BCUT2D eigenvalue weighted by Gasteiger charge is 2.64. The largest absolute Gasteiger partial charge is 0.461 e. The van der Waals surface area contributed by atoms with Gasteiger partial charge in [0.15, 0.2) is 5.78 Å². The molecular weight excluding hydrogens is 1000 g/mol. The molecule has 0 radical (unpaired) electrons. The van der Waals surface area contributed by atoms with E-state index in [1.807, 2.05) is 22.6 Å². The molecular formula is C36H55I3N2O10. The Balaban J connectivity index is 3.05. The van der Waals surface area contributed by atoms with Crippen molar-refractivity contribution in [1.29, 1.82) is 0 Å². The van der Waals surface area contributed by atoms with Crippen molar-refractivity contribution >= 4 is 109 Å². The highest BCUT2D eigenvalue weighted by Crippen LogP contribution is 2.40. The van der Waals surface area contributed by atoms with Gasteiger partial charge in [-0.2, -0.15) is 0 Å². The number of amides is 1. The monoisotopic (exact) mass is 1060 g/mol. The van der Waals surface area contributed by atoms with E-state index >= 15 is 0 Å². The van der Waals surface area contributed by atoms with Crippen molar-refractivity contribution in [2.45, 2.75) is 142 Å². The van der Waals surface area contributed by atoms with Gasteiger partial charge in [-0.1, -0.05) is 96.8 Å². The lowest BCUT2D eigenvalue weighted by Crippen LogP contribution is -2.68. The molecule has 12 nitrogen and oxygen atoms in total. The van der Waals surface area contributed by atoms with Crippen LogP contribution in [0.5, 0.6) is 0 Å². The Morgan fingerprint density at radius 3 is 1.61 bits per heavy atom. The van der Waals surface area contributed by atoms with Crippen LogP contribution in [-0.2, 0) is 28.7 Å². The number of ether oxygens (including phenoxy) is 2. The molecule has 0 fully saturated rings. The number of hydrogen-bond donors (Lipinski definition) is 5. The van der Waals surface area contributed by atoms with Crippen molar-refractivity contribution in [3.05, 3.63) is 16.3 Å². The zero-order chi connectivity index (χ0) is 38.6. The zero-order valence-corrected chi connectivity index (χ0v) is 36.7. The highest BCUT2D eigenvalue weighted by molar-refractivity contribution is 14.1. The van der Waals surface area contributed by atoms with E-state index in [0.717, 1.165) is 25.7 Å². The minimum Gasteiger partial charge on any atom is -0.461 e. The van der Waals surface area contributed by atoms with Crippen LogP contribution in [0.1, 0.15) is 141 Å². The minimum absolute atomic E-state index is 0.120. The van der Waals surface area contributed by atoms with Crippen LogP contribution in [0, 0.1) is 10.7 Å². The third-order valence-electron chi connectivity index (χ3n) is 8.39. The van der Waals surface area contributed by atoms with Crippen LogP contribution >= 0.6 is 67.8 Å². The second kappa shape index (κ2) is 25.0.